The van der Waals surface area contributed by atoms with Crippen molar-refractivity contribution in [3.63, 3.8) is 0 Å². The van der Waals surface area contributed by atoms with Gasteiger partial charge in [0, 0.05) is 23.4 Å². The Balaban J connectivity index is 1.63. The van der Waals surface area contributed by atoms with Crippen molar-refractivity contribution in [3.8, 4) is 0 Å². The van der Waals surface area contributed by atoms with Gasteiger partial charge in [-0.05, 0) is 29.8 Å². The first-order valence-electron chi connectivity index (χ1n) is 7.60. The Bertz CT molecular complexity index is 910. The van der Waals surface area contributed by atoms with Gasteiger partial charge in [-0.15, -0.1) is 10.2 Å². The summed E-state index contributed by atoms with van der Waals surface area (Å²) in [6, 6.07) is 11.0. The monoisotopic (exact) mass is 337 g/mol. The maximum atomic E-state index is 12.0. The number of nitrogens with zero attached hydrogens (tertiary/aromatic N) is 3. The number of carbonyl (C=O) groups excluding carboxylic acids is 3. The zero-order valence-corrected chi connectivity index (χ0v) is 13.4. The number of benzene rings is 1. The fourth-order valence-electron chi connectivity index (χ4n) is 2.41. The minimum Gasteiger partial charge on any atom is -0.362 e. The number of hydrogen-bond acceptors (Lipinski definition) is 6. The van der Waals surface area contributed by atoms with Gasteiger partial charge in [-0.2, -0.15) is 5.21 Å². The number of carbonyl (C=O) groups is 3. The molecule has 25 heavy (non-hydrogen) atoms. The standard InChI is InChI=1S/C17H15N5O3/c1-10(23)12-4-2-11(3-5-12)8-13-6-7-14(18-13)9-15(24)16(25)17-19-21-22-20-17/h2-7,18H,8-9H2,1H3,(H,19,20,21,22). The highest BCUT2D eigenvalue weighted by molar-refractivity contribution is 6.42. The van der Waals surface area contributed by atoms with Crippen molar-refractivity contribution in [2.75, 3.05) is 0 Å². The van der Waals surface area contributed by atoms with Crippen LogP contribution in [-0.2, 0) is 17.6 Å². The van der Waals surface area contributed by atoms with Gasteiger partial charge in [0.1, 0.15) is 0 Å². The molecule has 0 unspecified atom stereocenters. The number of hydrogen-bond donors (Lipinski definition) is 2. The molecule has 2 aromatic heterocycles. The van der Waals surface area contributed by atoms with Gasteiger partial charge < -0.3 is 4.98 Å². The summed E-state index contributed by atoms with van der Waals surface area (Å²) in [5, 5.41) is 12.4. The minimum absolute atomic E-state index is 0.0264. The van der Waals surface area contributed by atoms with Gasteiger partial charge in [-0.3, -0.25) is 14.4 Å². The molecule has 2 heterocycles. The molecule has 126 valence electrons. The number of aromatic nitrogens is 5. The van der Waals surface area contributed by atoms with E-state index in [1.165, 1.54) is 6.92 Å². The van der Waals surface area contributed by atoms with E-state index >= 15 is 0 Å². The molecule has 0 spiro atoms. The lowest BCUT2D eigenvalue weighted by molar-refractivity contribution is -0.114. The van der Waals surface area contributed by atoms with Crippen LogP contribution < -0.4 is 0 Å². The molecule has 0 radical (unpaired) electrons. The van der Waals surface area contributed by atoms with Crippen LogP contribution in [0.2, 0.25) is 0 Å². The first-order chi connectivity index (χ1) is 12.0. The van der Waals surface area contributed by atoms with Gasteiger partial charge in [0.25, 0.3) is 5.78 Å². The largest absolute Gasteiger partial charge is 0.362 e. The molecule has 2 N–H and O–H groups in total. The zero-order chi connectivity index (χ0) is 17.8. The van der Waals surface area contributed by atoms with Gasteiger partial charge in [-0.1, -0.05) is 24.3 Å². The molecule has 0 saturated carbocycles. The average Bonchev–Trinajstić information content (AvgIpc) is 3.27. The molecule has 8 nitrogen and oxygen atoms in total. The molecule has 0 bridgehead atoms. The Morgan fingerprint density at radius 2 is 1.72 bits per heavy atom. The van der Waals surface area contributed by atoms with E-state index < -0.39 is 11.6 Å². The molecule has 0 aliphatic heterocycles. The van der Waals surface area contributed by atoms with Gasteiger partial charge in [-0.25, -0.2) is 0 Å². The third-order valence-corrected chi connectivity index (χ3v) is 3.71. The Labute approximate surface area is 142 Å². The lowest BCUT2D eigenvalue weighted by Gasteiger charge is -2.01. The second kappa shape index (κ2) is 7.00. The molecule has 3 rings (SSSR count). The number of aromatic amines is 2. The van der Waals surface area contributed by atoms with Crippen molar-refractivity contribution >= 4 is 17.3 Å². The number of tetrazole rings is 1. The quantitative estimate of drug-likeness (QED) is 0.495. The van der Waals surface area contributed by atoms with Crippen LogP contribution in [0.25, 0.3) is 0 Å². The first kappa shape index (κ1) is 16.4. The van der Waals surface area contributed by atoms with E-state index in [9.17, 15) is 14.4 Å². The average molecular weight is 337 g/mol. The van der Waals surface area contributed by atoms with E-state index in [4.69, 9.17) is 0 Å². The van der Waals surface area contributed by atoms with E-state index in [0.717, 1.165) is 11.3 Å². The number of ketones is 3. The molecule has 0 atom stereocenters. The van der Waals surface area contributed by atoms with Gasteiger partial charge in [0.15, 0.2) is 5.78 Å². The highest BCUT2D eigenvalue weighted by Crippen LogP contribution is 2.12. The second-order valence-electron chi connectivity index (χ2n) is 5.60. The van der Waals surface area contributed by atoms with E-state index in [-0.39, 0.29) is 18.0 Å². The van der Waals surface area contributed by atoms with E-state index in [0.29, 0.717) is 17.7 Å². The summed E-state index contributed by atoms with van der Waals surface area (Å²) in [6.45, 7) is 1.53. The second-order valence-corrected chi connectivity index (χ2v) is 5.60. The van der Waals surface area contributed by atoms with Crippen LogP contribution in [0.5, 0.6) is 0 Å². The Morgan fingerprint density at radius 1 is 1.00 bits per heavy atom. The number of nitrogens with one attached hydrogen (secondary N) is 2. The van der Waals surface area contributed by atoms with Crippen molar-refractivity contribution in [2.24, 2.45) is 0 Å². The smallest absolute Gasteiger partial charge is 0.269 e. The highest BCUT2D eigenvalue weighted by Gasteiger charge is 2.21. The number of Topliss-reactive ketones (excluding diaryl/α,β-unsaturated/α-hetero) is 3. The van der Waals surface area contributed by atoms with E-state index in [2.05, 4.69) is 25.6 Å². The fraction of sp³-hybridized carbons (Fsp3) is 0.176. The Morgan fingerprint density at radius 3 is 2.36 bits per heavy atom. The van der Waals surface area contributed by atoms with E-state index in [1.807, 2.05) is 18.2 Å². The Hall–Kier alpha value is -3.42. The van der Waals surface area contributed by atoms with Gasteiger partial charge in [0.2, 0.25) is 11.6 Å². The number of rotatable bonds is 7. The van der Waals surface area contributed by atoms with Crippen LogP contribution in [0.4, 0.5) is 0 Å². The SMILES string of the molecule is CC(=O)c1ccc(Cc2ccc(CC(=O)C(=O)c3nn[nH]n3)[nH]2)cc1. The van der Waals surface area contributed by atoms with E-state index in [1.54, 1.807) is 18.2 Å². The molecule has 0 aliphatic carbocycles. The maximum Gasteiger partial charge on any atom is 0.269 e. The predicted molar refractivity (Wildman–Crippen MR) is 87.3 cm³/mol. The molecule has 0 saturated heterocycles. The summed E-state index contributed by atoms with van der Waals surface area (Å²) >= 11 is 0. The van der Waals surface area contributed by atoms with Crippen molar-refractivity contribution in [1.29, 1.82) is 0 Å². The zero-order valence-electron chi connectivity index (χ0n) is 13.4. The summed E-state index contributed by atoms with van der Waals surface area (Å²) in [7, 11) is 0. The maximum absolute atomic E-state index is 12.0. The summed E-state index contributed by atoms with van der Waals surface area (Å²) in [4.78, 5) is 38.2. The fourth-order valence-corrected chi connectivity index (χ4v) is 2.41. The van der Waals surface area contributed by atoms with Crippen molar-refractivity contribution in [2.45, 2.75) is 19.8 Å². The highest BCUT2D eigenvalue weighted by atomic mass is 16.2. The molecule has 1 aromatic carbocycles. The van der Waals surface area contributed by atoms with Crippen molar-refractivity contribution in [1.82, 2.24) is 25.6 Å². The van der Waals surface area contributed by atoms with Crippen LogP contribution in [0.15, 0.2) is 36.4 Å². The molecular weight excluding hydrogens is 322 g/mol. The van der Waals surface area contributed by atoms with Crippen LogP contribution in [0.3, 0.4) is 0 Å². The van der Waals surface area contributed by atoms with Crippen molar-refractivity contribution < 1.29 is 14.4 Å². The molecule has 3 aromatic rings. The third kappa shape index (κ3) is 3.92. The van der Waals surface area contributed by atoms with Crippen LogP contribution in [-0.4, -0.2) is 43.0 Å². The van der Waals surface area contributed by atoms with Crippen LogP contribution in [0.1, 0.15) is 44.9 Å². The topological polar surface area (TPSA) is 121 Å². The first-order valence-corrected chi connectivity index (χ1v) is 7.60. The Kier molecular flexibility index (Phi) is 4.60. The third-order valence-electron chi connectivity index (χ3n) is 3.71. The van der Waals surface area contributed by atoms with Crippen LogP contribution >= 0.6 is 0 Å². The van der Waals surface area contributed by atoms with Gasteiger partial charge in [0.05, 0.1) is 6.42 Å². The lowest BCUT2D eigenvalue weighted by Crippen LogP contribution is -2.18. The lowest BCUT2D eigenvalue weighted by atomic mass is 10.1. The summed E-state index contributed by atoms with van der Waals surface area (Å²) in [5.74, 6) is -1.59. The molecule has 8 heteroatoms. The molecular formula is C17H15N5O3. The molecule has 0 amide bonds. The summed E-state index contributed by atoms with van der Waals surface area (Å²) in [6.07, 6.45) is 0.571. The normalized spacial score (nSPS) is 10.6. The number of H-pyrrole nitrogens is 2. The van der Waals surface area contributed by atoms with Gasteiger partial charge >= 0.3 is 0 Å². The summed E-state index contributed by atoms with van der Waals surface area (Å²) in [5.41, 5.74) is 3.25. The predicted octanol–water partition coefficient (Wildman–Crippen LogP) is 1.32. The molecule has 0 fully saturated rings. The summed E-state index contributed by atoms with van der Waals surface area (Å²) < 4.78 is 0. The molecule has 0 aliphatic rings. The van der Waals surface area contributed by atoms with Crippen molar-refractivity contribution in [3.05, 3.63) is 64.7 Å². The van der Waals surface area contributed by atoms with Crippen LogP contribution in [0, 0.1) is 0 Å². The minimum atomic E-state index is -0.773.